The average Bonchev–Trinajstić information content (AvgIpc) is 2.88. The number of carbonyl (C=O) groups excluding carboxylic acids is 1. The molecule has 0 spiro atoms. The molecule has 0 amide bonds. The molecule has 1 aliphatic heterocycles. The minimum atomic E-state index is 0.157. The van der Waals surface area contributed by atoms with Crippen LogP contribution in [0.4, 0.5) is 0 Å². The van der Waals surface area contributed by atoms with E-state index in [9.17, 15) is 4.79 Å². The van der Waals surface area contributed by atoms with E-state index in [1.807, 2.05) is 26.0 Å². The maximum Gasteiger partial charge on any atom is 0.166 e. The van der Waals surface area contributed by atoms with Gasteiger partial charge in [0.15, 0.2) is 5.78 Å². The van der Waals surface area contributed by atoms with Gasteiger partial charge in [-0.3, -0.25) is 4.79 Å². The van der Waals surface area contributed by atoms with Crippen molar-refractivity contribution in [3.8, 4) is 5.75 Å². The third-order valence-electron chi connectivity index (χ3n) is 3.66. The maximum absolute atomic E-state index is 12.4. The molecule has 19 heavy (non-hydrogen) atoms. The smallest absolute Gasteiger partial charge is 0.166 e. The van der Waals surface area contributed by atoms with Gasteiger partial charge >= 0.3 is 0 Å². The third-order valence-corrected chi connectivity index (χ3v) is 3.66. The van der Waals surface area contributed by atoms with E-state index in [2.05, 4.69) is 0 Å². The van der Waals surface area contributed by atoms with Gasteiger partial charge in [-0.2, -0.15) is 0 Å². The second kappa shape index (κ2) is 6.20. The average molecular weight is 262 g/mol. The predicted molar refractivity (Wildman–Crippen MR) is 75.0 cm³/mol. The molecule has 1 unspecified atom stereocenters. The highest BCUT2D eigenvalue weighted by atomic mass is 16.5. The van der Waals surface area contributed by atoms with Crippen LogP contribution in [0.25, 0.3) is 0 Å². The minimum Gasteiger partial charge on any atom is -0.496 e. The number of methoxy groups -OCH3 is 1. The normalized spacial score (nSPS) is 18.6. The standard InChI is InChI=1S/C16H22O3/c1-11-9-12(2)16(15(10-11)18-3)14(17)7-6-13-5-4-8-19-13/h9-10,13H,4-8H2,1-3H3. The quantitative estimate of drug-likeness (QED) is 0.762. The molecule has 1 saturated heterocycles. The summed E-state index contributed by atoms with van der Waals surface area (Å²) in [6, 6.07) is 3.95. The van der Waals surface area contributed by atoms with Gasteiger partial charge in [0.05, 0.1) is 18.8 Å². The van der Waals surface area contributed by atoms with Crippen LogP contribution in [0.1, 0.15) is 47.2 Å². The summed E-state index contributed by atoms with van der Waals surface area (Å²) in [5.74, 6) is 0.847. The highest BCUT2D eigenvalue weighted by Gasteiger charge is 2.20. The number of hydrogen-bond donors (Lipinski definition) is 0. The van der Waals surface area contributed by atoms with Crippen molar-refractivity contribution in [1.82, 2.24) is 0 Å². The topological polar surface area (TPSA) is 35.5 Å². The Hall–Kier alpha value is -1.35. The zero-order chi connectivity index (χ0) is 13.8. The maximum atomic E-state index is 12.4. The van der Waals surface area contributed by atoms with Gasteiger partial charge in [-0.15, -0.1) is 0 Å². The molecule has 0 aliphatic carbocycles. The first-order valence-electron chi connectivity index (χ1n) is 6.92. The van der Waals surface area contributed by atoms with Gasteiger partial charge in [-0.25, -0.2) is 0 Å². The van der Waals surface area contributed by atoms with Gasteiger partial charge in [0.25, 0.3) is 0 Å². The highest BCUT2D eigenvalue weighted by molar-refractivity contribution is 6.00. The first-order valence-corrected chi connectivity index (χ1v) is 6.92. The molecular weight excluding hydrogens is 240 g/mol. The van der Waals surface area contributed by atoms with Crippen LogP contribution in [0, 0.1) is 13.8 Å². The SMILES string of the molecule is COc1cc(C)cc(C)c1C(=O)CCC1CCCO1. The van der Waals surface area contributed by atoms with Crippen molar-refractivity contribution >= 4 is 5.78 Å². The first-order chi connectivity index (χ1) is 9.11. The van der Waals surface area contributed by atoms with E-state index in [0.717, 1.165) is 42.6 Å². The van der Waals surface area contributed by atoms with E-state index in [1.165, 1.54) is 0 Å². The molecule has 0 N–H and O–H groups in total. The number of rotatable bonds is 5. The van der Waals surface area contributed by atoms with E-state index in [-0.39, 0.29) is 11.9 Å². The summed E-state index contributed by atoms with van der Waals surface area (Å²) < 4.78 is 10.9. The van der Waals surface area contributed by atoms with Crippen LogP contribution in [0.5, 0.6) is 5.75 Å². The molecule has 1 aliphatic rings. The summed E-state index contributed by atoms with van der Waals surface area (Å²) in [5.41, 5.74) is 2.84. The number of ketones is 1. The van der Waals surface area contributed by atoms with Crippen molar-refractivity contribution < 1.29 is 14.3 Å². The van der Waals surface area contributed by atoms with Crippen LogP contribution < -0.4 is 4.74 Å². The molecule has 1 aromatic carbocycles. The summed E-state index contributed by atoms with van der Waals surface area (Å²) in [4.78, 5) is 12.4. The molecule has 1 atom stereocenters. The lowest BCUT2D eigenvalue weighted by molar-refractivity contribution is 0.0857. The summed E-state index contributed by atoms with van der Waals surface area (Å²) in [6.45, 7) is 4.82. The second-order valence-corrected chi connectivity index (χ2v) is 5.26. The molecule has 1 aromatic rings. The number of benzene rings is 1. The van der Waals surface area contributed by atoms with Crippen LogP contribution >= 0.6 is 0 Å². The highest BCUT2D eigenvalue weighted by Crippen LogP contribution is 2.27. The van der Waals surface area contributed by atoms with Gasteiger partial charge < -0.3 is 9.47 Å². The van der Waals surface area contributed by atoms with Crippen LogP contribution in [-0.4, -0.2) is 25.6 Å². The van der Waals surface area contributed by atoms with E-state index < -0.39 is 0 Å². The number of Topliss-reactive ketones (excluding diaryl/α,β-unsaturated/α-hetero) is 1. The van der Waals surface area contributed by atoms with Crippen LogP contribution in [0.15, 0.2) is 12.1 Å². The van der Waals surface area contributed by atoms with Crippen molar-refractivity contribution in [2.24, 2.45) is 0 Å². The lowest BCUT2D eigenvalue weighted by Gasteiger charge is -2.13. The molecule has 1 fully saturated rings. The lowest BCUT2D eigenvalue weighted by atomic mass is 9.97. The number of aryl methyl sites for hydroxylation is 2. The van der Waals surface area contributed by atoms with Crippen LogP contribution in [0.3, 0.4) is 0 Å². The van der Waals surface area contributed by atoms with Gasteiger partial charge in [-0.1, -0.05) is 6.07 Å². The van der Waals surface area contributed by atoms with Crippen molar-refractivity contribution in [2.45, 2.75) is 45.6 Å². The minimum absolute atomic E-state index is 0.157. The molecule has 0 saturated carbocycles. The van der Waals surface area contributed by atoms with E-state index in [1.54, 1.807) is 7.11 Å². The fraction of sp³-hybridized carbons (Fsp3) is 0.562. The van der Waals surface area contributed by atoms with Crippen LogP contribution in [0.2, 0.25) is 0 Å². The molecule has 0 bridgehead atoms. The van der Waals surface area contributed by atoms with Crippen molar-refractivity contribution in [3.63, 3.8) is 0 Å². The van der Waals surface area contributed by atoms with Crippen molar-refractivity contribution in [3.05, 3.63) is 28.8 Å². The molecule has 2 rings (SSSR count). The Morgan fingerprint density at radius 3 is 2.84 bits per heavy atom. The summed E-state index contributed by atoms with van der Waals surface area (Å²) in [5, 5.41) is 0. The summed E-state index contributed by atoms with van der Waals surface area (Å²) in [7, 11) is 1.62. The Kier molecular flexibility index (Phi) is 4.59. The van der Waals surface area contributed by atoms with E-state index in [4.69, 9.17) is 9.47 Å². The second-order valence-electron chi connectivity index (χ2n) is 5.26. The Balaban J connectivity index is 2.09. The van der Waals surface area contributed by atoms with Gasteiger partial charge in [-0.05, 0) is 50.3 Å². The van der Waals surface area contributed by atoms with Crippen molar-refractivity contribution in [2.75, 3.05) is 13.7 Å². The fourth-order valence-corrected chi connectivity index (χ4v) is 2.74. The molecule has 3 nitrogen and oxygen atoms in total. The number of ether oxygens (including phenoxy) is 2. The molecule has 0 radical (unpaired) electrons. The van der Waals surface area contributed by atoms with Gasteiger partial charge in [0.1, 0.15) is 5.75 Å². The van der Waals surface area contributed by atoms with Gasteiger partial charge in [0.2, 0.25) is 0 Å². The molecule has 3 heteroatoms. The Labute approximate surface area is 114 Å². The fourth-order valence-electron chi connectivity index (χ4n) is 2.74. The molecular formula is C16H22O3. The monoisotopic (exact) mass is 262 g/mol. The summed E-state index contributed by atoms with van der Waals surface area (Å²) in [6.07, 6.45) is 3.81. The van der Waals surface area contributed by atoms with Crippen LogP contribution in [-0.2, 0) is 4.74 Å². The van der Waals surface area contributed by atoms with E-state index >= 15 is 0 Å². The Bertz CT molecular complexity index is 459. The number of carbonyl (C=O) groups is 1. The van der Waals surface area contributed by atoms with E-state index in [0.29, 0.717) is 12.2 Å². The predicted octanol–water partition coefficient (Wildman–Crippen LogP) is 3.45. The third kappa shape index (κ3) is 3.35. The molecule has 1 heterocycles. The molecule has 0 aromatic heterocycles. The van der Waals surface area contributed by atoms with Crippen molar-refractivity contribution in [1.29, 1.82) is 0 Å². The number of hydrogen-bond acceptors (Lipinski definition) is 3. The Morgan fingerprint density at radius 1 is 1.42 bits per heavy atom. The first kappa shape index (κ1) is 14.1. The molecule has 104 valence electrons. The van der Waals surface area contributed by atoms with Gasteiger partial charge in [0, 0.05) is 13.0 Å². The largest absolute Gasteiger partial charge is 0.496 e. The summed E-state index contributed by atoms with van der Waals surface area (Å²) >= 11 is 0. The zero-order valence-corrected chi connectivity index (χ0v) is 12.0. The lowest BCUT2D eigenvalue weighted by Crippen LogP contribution is -2.11. The zero-order valence-electron chi connectivity index (χ0n) is 12.0. The Morgan fingerprint density at radius 2 is 2.21 bits per heavy atom.